The summed E-state index contributed by atoms with van der Waals surface area (Å²) in [4.78, 5) is 31.8. The molecule has 2 aromatic rings. The van der Waals surface area contributed by atoms with E-state index in [2.05, 4.69) is 27.9 Å². The number of hydrogen-bond donors (Lipinski definition) is 2. The Bertz CT molecular complexity index is 1040. The number of hydrogen-bond acceptors (Lipinski definition) is 4. The van der Waals surface area contributed by atoms with Crippen LogP contribution in [0.1, 0.15) is 18.9 Å². The number of allylic oxidation sites excluding steroid dienone is 2. The molecule has 33 heavy (non-hydrogen) atoms. The largest absolute Gasteiger partial charge is 0.357 e. The summed E-state index contributed by atoms with van der Waals surface area (Å²) >= 11 is 0. The summed E-state index contributed by atoms with van der Waals surface area (Å²) in [6, 6.07) is 9.91. The smallest absolute Gasteiger partial charge is 0.233 e. The fourth-order valence-corrected chi connectivity index (χ4v) is 5.26. The van der Waals surface area contributed by atoms with Crippen LogP contribution in [-0.2, 0) is 16.1 Å². The van der Waals surface area contributed by atoms with Crippen molar-refractivity contribution in [3.05, 3.63) is 60.4 Å². The van der Waals surface area contributed by atoms with Crippen LogP contribution >= 0.6 is 24.0 Å². The zero-order valence-electron chi connectivity index (χ0n) is 18.6. The van der Waals surface area contributed by atoms with E-state index in [1.54, 1.807) is 6.20 Å². The number of amides is 2. The normalized spacial score (nSPS) is 25.4. The van der Waals surface area contributed by atoms with E-state index < -0.39 is 0 Å². The number of nitrogens with one attached hydrogen (secondary N) is 2. The highest BCUT2D eigenvalue weighted by atomic mass is 127. The fourth-order valence-electron chi connectivity index (χ4n) is 5.26. The number of halogens is 1. The number of nitrogens with zero attached hydrogens (tertiary/aromatic N) is 4. The molecule has 174 valence electrons. The minimum atomic E-state index is -0.141. The summed E-state index contributed by atoms with van der Waals surface area (Å²) in [5.41, 5.74) is 2.04. The van der Waals surface area contributed by atoms with Gasteiger partial charge < -0.3 is 10.6 Å². The summed E-state index contributed by atoms with van der Waals surface area (Å²) in [7, 11) is 0. The third-order valence-electron chi connectivity index (χ3n) is 6.68. The molecule has 9 heteroatoms. The third-order valence-corrected chi connectivity index (χ3v) is 6.68. The molecule has 8 nitrogen and oxygen atoms in total. The molecule has 1 aromatic carbocycles. The molecule has 0 radical (unpaired) electrons. The number of benzene rings is 1. The van der Waals surface area contributed by atoms with E-state index in [9.17, 15) is 9.59 Å². The molecule has 1 aliphatic heterocycles. The molecule has 1 aromatic heterocycles. The summed E-state index contributed by atoms with van der Waals surface area (Å²) in [5, 5.41) is 10.8. The van der Waals surface area contributed by atoms with E-state index in [-0.39, 0.29) is 59.5 Å². The van der Waals surface area contributed by atoms with Crippen LogP contribution in [0.3, 0.4) is 0 Å². The van der Waals surface area contributed by atoms with Gasteiger partial charge in [0.15, 0.2) is 5.96 Å². The average Bonchev–Trinajstić information content (AvgIpc) is 3.59. The molecule has 2 heterocycles. The number of fused-ring (bicyclic) bond motifs is 5. The number of rotatable bonds is 7. The second-order valence-electron chi connectivity index (χ2n) is 8.53. The molecule has 0 spiro atoms. The molecule has 1 saturated carbocycles. The quantitative estimate of drug-likeness (QED) is 0.179. The van der Waals surface area contributed by atoms with Crippen LogP contribution in [0.4, 0.5) is 0 Å². The monoisotopic (exact) mass is 560 g/mol. The second kappa shape index (κ2) is 10.1. The lowest BCUT2D eigenvalue weighted by Gasteiger charge is -2.18. The average molecular weight is 560 g/mol. The molecule has 2 N–H and O–H groups in total. The number of guanidine groups is 1. The molecule has 1 saturated heterocycles. The van der Waals surface area contributed by atoms with Crippen molar-refractivity contribution < 1.29 is 9.59 Å². The van der Waals surface area contributed by atoms with E-state index in [0.29, 0.717) is 32.1 Å². The zero-order valence-corrected chi connectivity index (χ0v) is 20.9. The van der Waals surface area contributed by atoms with Crippen molar-refractivity contribution in [3.8, 4) is 5.69 Å². The van der Waals surface area contributed by atoms with E-state index in [1.165, 1.54) is 4.90 Å². The first kappa shape index (κ1) is 23.5. The molecule has 2 amide bonds. The van der Waals surface area contributed by atoms with Crippen LogP contribution in [0.25, 0.3) is 5.69 Å². The molecular formula is C24H29IN6O2. The van der Waals surface area contributed by atoms with Crippen LogP contribution in [0.5, 0.6) is 0 Å². The standard InChI is InChI=1S/C24H28N6O2.HI/c1-2-25-24(27-15-18-6-3-4-7-19(18)30-12-5-10-28-30)26-11-13-29-22(31)20-16-8-9-17(14-16)21(20)23(29)32;/h3-10,12,16-17,20-21H,2,11,13-15H2,1H3,(H2,25,26,27);1H. The maximum atomic E-state index is 12.8. The maximum Gasteiger partial charge on any atom is 0.233 e. The highest BCUT2D eigenvalue weighted by Gasteiger charge is 2.58. The van der Waals surface area contributed by atoms with Crippen molar-refractivity contribution in [2.75, 3.05) is 19.6 Å². The van der Waals surface area contributed by atoms with Gasteiger partial charge >= 0.3 is 0 Å². The minimum absolute atomic E-state index is 0. The molecule has 2 aliphatic carbocycles. The number of carbonyl (C=O) groups excluding carboxylic acids is 2. The van der Waals surface area contributed by atoms with Crippen molar-refractivity contribution in [3.63, 3.8) is 0 Å². The van der Waals surface area contributed by atoms with Crippen LogP contribution < -0.4 is 10.6 Å². The number of para-hydroxylation sites is 1. The molecule has 5 rings (SSSR count). The fraction of sp³-hybridized carbons (Fsp3) is 0.417. The third kappa shape index (κ3) is 4.42. The van der Waals surface area contributed by atoms with Gasteiger partial charge in [0, 0.05) is 32.0 Å². The van der Waals surface area contributed by atoms with Gasteiger partial charge in [-0.1, -0.05) is 30.4 Å². The number of carbonyl (C=O) groups is 2. The summed E-state index contributed by atoms with van der Waals surface area (Å²) in [5.74, 6) is 0.851. The SMILES string of the molecule is CCNC(=NCc1ccccc1-n1cccn1)NCCN1C(=O)C2C3C=CC(C3)C2C1=O.I. The van der Waals surface area contributed by atoms with Gasteiger partial charge in [0.1, 0.15) is 0 Å². The maximum absolute atomic E-state index is 12.8. The number of imide groups is 1. The van der Waals surface area contributed by atoms with Crippen molar-refractivity contribution in [1.29, 1.82) is 0 Å². The number of aromatic nitrogens is 2. The van der Waals surface area contributed by atoms with Crippen LogP contribution in [0.2, 0.25) is 0 Å². The first-order valence-corrected chi connectivity index (χ1v) is 11.3. The van der Waals surface area contributed by atoms with E-state index in [0.717, 1.165) is 17.7 Å². The van der Waals surface area contributed by atoms with Crippen molar-refractivity contribution in [2.45, 2.75) is 19.9 Å². The van der Waals surface area contributed by atoms with Gasteiger partial charge in [-0.2, -0.15) is 5.10 Å². The van der Waals surface area contributed by atoms with E-state index >= 15 is 0 Å². The predicted molar refractivity (Wildman–Crippen MR) is 136 cm³/mol. The highest BCUT2D eigenvalue weighted by Crippen LogP contribution is 2.52. The Morgan fingerprint density at radius 1 is 1.09 bits per heavy atom. The highest BCUT2D eigenvalue weighted by molar-refractivity contribution is 14.0. The lowest BCUT2D eigenvalue weighted by molar-refractivity contribution is -0.140. The summed E-state index contributed by atoms with van der Waals surface area (Å²) in [6.45, 7) is 4.02. The van der Waals surface area contributed by atoms with Crippen LogP contribution in [0.15, 0.2) is 59.9 Å². The Balaban J connectivity index is 0.00000259. The van der Waals surface area contributed by atoms with Crippen molar-refractivity contribution in [2.24, 2.45) is 28.7 Å². The van der Waals surface area contributed by atoms with Gasteiger partial charge in [-0.15, -0.1) is 24.0 Å². The zero-order chi connectivity index (χ0) is 22.1. The number of likely N-dealkylation sites (tertiary alicyclic amines) is 1. The molecule has 3 aliphatic rings. The van der Waals surface area contributed by atoms with Crippen LogP contribution in [0, 0.1) is 23.7 Å². The van der Waals surface area contributed by atoms with Gasteiger partial charge in [0.05, 0.1) is 24.1 Å². The van der Waals surface area contributed by atoms with E-state index in [4.69, 9.17) is 4.99 Å². The van der Waals surface area contributed by atoms with Crippen LogP contribution in [-0.4, -0.2) is 52.1 Å². The molecule has 2 bridgehead atoms. The van der Waals surface area contributed by atoms with E-state index in [1.807, 2.05) is 48.1 Å². The van der Waals surface area contributed by atoms with Gasteiger partial charge in [-0.05, 0) is 42.9 Å². The molecular weight excluding hydrogens is 531 g/mol. The summed E-state index contributed by atoms with van der Waals surface area (Å²) in [6.07, 6.45) is 8.86. The lowest BCUT2D eigenvalue weighted by Crippen LogP contribution is -2.43. The van der Waals surface area contributed by atoms with Crippen molar-refractivity contribution in [1.82, 2.24) is 25.3 Å². The van der Waals surface area contributed by atoms with Gasteiger partial charge in [-0.25, -0.2) is 9.67 Å². The van der Waals surface area contributed by atoms with Gasteiger partial charge in [0.2, 0.25) is 11.8 Å². The Hall–Kier alpha value is -2.69. The second-order valence-corrected chi connectivity index (χ2v) is 8.53. The Morgan fingerprint density at radius 3 is 2.48 bits per heavy atom. The topological polar surface area (TPSA) is 91.6 Å². The minimum Gasteiger partial charge on any atom is -0.357 e. The molecule has 4 atom stereocenters. The molecule has 4 unspecified atom stereocenters. The van der Waals surface area contributed by atoms with Gasteiger partial charge in [-0.3, -0.25) is 14.5 Å². The number of aliphatic imine (C=N–C) groups is 1. The molecule has 2 fully saturated rings. The Labute approximate surface area is 210 Å². The first-order valence-electron chi connectivity index (χ1n) is 11.3. The first-order chi connectivity index (χ1) is 15.7. The summed E-state index contributed by atoms with van der Waals surface area (Å²) < 4.78 is 1.83. The lowest BCUT2D eigenvalue weighted by atomic mass is 9.85. The Morgan fingerprint density at radius 2 is 1.82 bits per heavy atom. The van der Waals surface area contributed by atoms with Gasteiger partial charge in [0.25, 0.3) is 0 Å². The van der Waals surface area contributed by atoms with Crippen molar-refractivity contribution >= 4 is 41.8 Å². The predicted octanol–water partition coefficient (Wildman–Crippen LogP) is 2.35. The Kier molecular flexibility index (Phi) is 7.16.